The standard InChI is InChI=1S/C25H26N2O4/c1-17-2-4-19(5-3-17)25-26-21(16-31-25)15-27-10-8-18(9-11-27)24(28)20-6-7-22-23(14-20)30-13-12-29-22/h2-7,14,16,18H,8-13,15H2,1H3. The number of fused-ring (bicyclic) bond motifs is 1. The topological polar surface area (TPSA) is 64.8 Å². The van der Waals surface area contributed by atoms with Crippen LogP contribution in [0.2, 0.25) is 0 Å². The molecule has 2 aliphatic heterocycles. The Hall–Kier alpha value is -3.12. The predicted octanol–water partition coefficient (Wildman–Crippen LogP) is 4.52. The van der Waals surface area contributed by atoms with Crippen LogP contribution in [0.1, 0.15) is 34.5 Å². The van der Waals surface area contributed by atoms with Crippen molar-refractivity contribution in [1.82, 2.24) is 9.88 Å². The minimum atomic E-state index is 0.0410. The van der Waals surface area contributed by atoms with Gasteiger partial charge in [-0.05, 0) is 63.2 Å². The van der Waals surface area contributed by atoms with Crippen LogP contribution in [0.3, 0.4) is 0 Å². The lowest BCUT2D eigenvalue weighted by Gasteiger charge is -2.30. The Morgan fingerprint density at radius 2 is 1.77 bits per heavy atom. The number of carbonyl (C=O) groups excluding carboxylic acids is 1. The fourth-order valence-electron chi connectivity index (χ4n) is 4.22. The quantitative estimate of drug-likeness (QED) is 0.568. The zero-order valence-electron chi connectivity index (χ0n) is 17.7. The first-order valence-corrected chi connectivity index (χ1v) is 10.8. The van der Waals surface area contributed by atoms with Gasteiger partial charge < -0.3 is 13.9 Å². The van der Waals surface area contributed by atoms with E-state index in [9.17, 15) is 4.79 Å². The molecule has 0 spiro atoms. The Labute approximate surface area is 181 Å². The van der Waals surface area contributed by atoms with Crippen LogP contribution >= 0.6 is 0 Å². The predicted molar refractivity (Wildman–Crippen MR) is 116 cm³/mol. The summed E-state index contributed by atoms with van der Waals surface area (Å²) < 4.78 is 16.9. The molecule has 1 saturated heterocycles. The van der Waals surface area contributed by atoms with Gasteiger partial charge in [-0.1, -0.05) is 17.7 Å². The molecule has 0 atom stereocenters. The van der Waals surface area contributed by atoms with Crippen molar-refractivity contribution in [3.63, 3.8) is 0 Å². The maximum Gasteiger partial charge on any atom is 0.226 e. The van der Waals surface area contributed by atoms with Crippen molar-refractivity contribution in [2.24, 2.45) is 5.92 Å². The van der Waals surface area contributed by atoms with Crippen LogP contribution in [0, 0.1) is 12.8 Å². The van der Waals surface area contributed by atoms with Crippen LogP contribution < -0.4 is 9.47 Å². The highest BCUT2D eigenvalue weighted by molar-refractivity contribution is 5.98. The molecule has 31 heavy (non-hydrogen) atoms. The summed E-state index contributed by atoms with van der Waals surface area (Å²) in [7, 11) is 0. The number of aromatic nitrogens is 1. The molecule has 3 aromatic rings. The van der Waals surface area contributed by atoms with Crippen molar-refractivity contribution in [2.45, 2.75) is 26.3 Å². The molecular formula is C25H26N2O4. The van der Waals surface area contributed by atoms with Gasteiger partial charge in [0, 0.05) is 23.6 Å². The Bertz CT molecular complexity index is 1070. The fraction of sp³-hybridized carbons (Fsp3) is 0.360. The van der Waals surface area contributed by atoms with E-state index in [1.807, 2.05) is 30.3 Å². The second-order valence-electron chi connectivity index (χ2n) is 8.28. The number of Topliss-reactive ketones (excluding diaryl/α,β-unsaturated/α-hetero) is 1. The van der Waals surface area contributed by atoms with Gasteiger partial charge in [0.25, 0.3) is 0 Å². The summed E-state index contributed by atoms with van der Waals surface area (Å²) in [5.41, 5.74) is 3.83. The third-order valence-electron chi connectivity index (χ3n) is 6.02. The maximum absolute atomic E-state index is 13.0. The number of hydrogen-bond acceptors (Lipinski definition) is 6. The summed E-state index contributed by atoms with van der Waals surface area (Å²) in [4.78, 5) is 20.0. The molecule has 2 aliphatic rings. The number of ether oxygens (including phenoxy) is 2. The van der Waals surface area contributed by atoms with Crippen molar-refractivity contribution in [3.05, 3.63) is 65.5 Å². The van der Waals surface area contributed by atoms with Crippen LogP contribution in [0.15, 0.2) is 53.1 Å². The van der Waals surface area contributed by atoms with Crippen molar-refractivity contribution in [2.75, 3.05) is 26.3 Å². The van der Waals surface area contributed by atoms with E-state index < -0.39 is 0 Å². The largest absolute Gasteiger partial charge is 0.486 e. The Balaban J connectivity index is 1.17. The molecule has 6 nitrogen and oxygen atoms in total. The van der Waals surface area contributed by atoms with Crippen LogP contribution in [0.5, 0.6) is 11.5 Å². The van der Waals surface area contributed by atoms with Gasteiger partial charge in [0.1, 0.15) is 19.5 Å². The lowest BCUT2D eigenvalue weighted by molar-refractivity contribution is 0.0832. The number of ketones is 1. The molecule has 1 fully saturated rings. The van der Waals surface area contributed by atoms with Crippen LogP contribution in [0.4, 0.5) is 0 Å². The first-order chi connectivity index (χ1) is 15.2. The van der Waals surface area contributed by atoms with E-state index >= 15 is 0 Å². The number of likely N-dealkylation sites (tertiary alicyclic amines) is 1. The van der Waals surface area contributed by atoms with Crippen molar-refractivity contribution < 1.29 is 18.7 Å². The van der Waals surface area contributed by atoms with Crippen LogP contribution in [0.25, 0.3) is 11.5 Å². The van der Waals surface area contributed by atoms with Gasteiger partial charge in [-0.3, -0.25) is 9.69 Å². The minimum Gasteiger partial charge on any atom is -0.486 e. The van der Waals surface area contributed by atoms with E-state index in [0.717, 1.165) is 49.5 Å². The van der Waals surface area contributed by atoms with Crippen molar-refractivity contribution in [3.8, 4) is 23.0 Å². The molecular weight excluding hydrogens is 392 g/mol. The van der Waals surface area contributed by atoms with Crippen molar-refractivity contribution in [1.29, 1.82) is 0 Å². The lowest BCUT2D eigenvalue weighted by atomic mass is 9.88. The molecule has 0 saturated carbocycles. The second kappa shape index (κ2) is 8.55. The van der Waals surface area contributed by atoms with Gasteiger partial charge in [-0.15, -0.1) is 0 Å². The molecule has 160 valence electrons. The van der Waals surface area contributed by atoms with Gasteiger partial charge in [0.15, 0.2) is 17.3 Å². The highest BCUT2D eigenvalue weighted by Gasteiger charge is 2.27. The third kappa shape index (κ3) is 4.35. The number of piperidine rings is 1. The highest BCUT2D eigenvalue weighted by atomic mass is 16.6. The third-order valence-corrected chi connectivity index (χ3v) is 6.02. The zero-order chi connectivity index (χ0) is 21.2. The van der Waals surface area contributed by atoms with Crippen LogP contribution in [-0.4, -0.2) is 42.0 Å². The molecule has 0 N–H and O–H groups in total. The van der Waals surface area contributed by atoms with E-state index in [2.05, 4.69) is 28.9 Å². The fourth-order valence-corrected chi connectivity index (χ4v) is 4.22. The number of carbonyl (C=O) groups is 1. The Morgan fingerprint density at radius 1 is 1.03 bits per heavy atom. The molecule has 0 aliphatic carbocycles. The van der Waals surface area contributed by atoms with E-state index in [4.69, 9.17) is 13.9 Å². The van der Waals surface area contributed by atoms with Gasteiger partial charge in [0.05, 0.1) is 5.69 Å². The molecule has 0 unspecified atom stereocenters. The smallest absolute Gasteiger partial charge is 0.226 e. The molecule has 6 heteroatoms. The average Bonchev–Trinajstić information content (AvgIpc) is 3.27. The average molecular weight is 418 g/mol. The maximum atomic E-state index is 13.0. The van der Waals surface area contributed by atoms with E-state index in [-0.39, 0.29) is 11.7 Å². The first-order valence-electron chi connectivity index (χ1n) is 10.8. The number of benzene rings is 2. The minimum absolute atomic E-state index is 0.0410. The van der Waals surface area contributed by atoms with E-state index in [1.165, 1.54) is 5.56 Å². The molecule has 2 aromatic carbocycles. The van der Waals surface area contributed by atoms with Crippen molar-refractivity contribution >= 4 is 5.78 Å². The van der Waals surface area contributed by atoms with Crippen LogP contribution in [-0.2, 0) is 6.54 Å². The number of rotatable bonds is 5. The molecule has 0 amide bonds. The molecule has 0 radical (unpaired) electrons. The van der Waals surface area contributed by atoms with E-state index in [1.54, 1.807) is 6.26 Å². The number of nitrogens with zero attached hydrogens (tertiary/aromatic N) is 2. The normalized spacial score (nSPS) is 16.9. The van der Waals surface area contributed by atoms with Gasteiger partial charge >= 0.3 is 0 Å². The summed E-state index contributed by atoms with van der Waals surface area (Å²) in [5.74, 6) is 2.28. The first kappa shape index (κ1) is 19.8. The molecule has 1 aromatic heterocycles. The Kier molecular flexibility index (Phi) is 5.47. The summed E-state index contributed by atoms with van der Waals surface area (Å²) in [6.07, 6.45) is 3.42. The lowest BCUT2D eigenvalue weighted by Crippen LogP contribution is -2.36. The monoisotopic (exact) mass is 418 g/mol. The van der Waals surface area contributed by atoms with Gasteiger partial charge in [0.2, 0.25) is 5.89 Å². The van der Waals surface area contributed by atoms with Gasteiger partial charge in [-0.2, -0.15) is 0 Å². The van der Waals surface area contributed by atoms with E-state index in [0.29, 0.717) is 30.4 Å². The highest BCUT2D eigenvalue weighted by Crippen LogP contribution is 2.32. The molecule has 3 heterocycles. The molecule has 0 bridgehead atoms. The Morgan fingerprint density at radius 3 is 2.55 bits per heavy atom. The molecule has 5 rings (SSSR count). The second-order valence-corrected chi connectivity index (χ2v) is 8.28. The summed E-state index contributed by atoms with van der Waals surface area (Å²) in [5, 5.41) is 0. The SMILES string of the molecule is Cc1ccc(-c2nc(CN3CCC(C(=O)c4ccc5c(c4)OCCO5)CC3)co2)cc1. The summed E-state index contributed by atoms with van der Waals surface area (Å²) in [6.45, 7) is 5.61. The zero-order valence-corrected chi connectivity index (χ0v) is 17.7. The number of aryl methyl sites for hydroxylation is 1. The number of hydrogen-bond donors (Lipinski definition) is 0. The summed E-state index contributed by atoms with van der Waals surface area (Å²) in [6, 6.07) is 13.7. The van der Waals surface area contributed by atoms with Gasteiger partial charge in [-0.25, -0.2) is 4.98 Å². The summed E-state index contributed by atoms with van der Waals surface area (Å²) >= 11 is 0. The number of oxazole rings is 1.